The topological polar surface area (TPSA) is 116 Å². The van der Waals surface area contributed by atoms with E-state index in [9.17, 15) is 4.79 Å². The predicted octanol–water partition coefficient (Wildman–Crippen LogP) is 2.66. The Kier molecular flexibility index (Phi) is 4.47. The van der Waals surface area contributed by atoms with Crippen molar-refractivity contribution in [3.8, 4) is 0 Å². The van der Waals surface area contributed by atoms with Gasteiger partial charge in [-0.1, -0.05) is 18.2 Å². The number of nitrogens with one attached hydrogen (secondary N) is 1. The van der Waals surface area contributed by atoms with Crippen molar-refractivity contribution in [3.63, 3.8) is 0 Å². The molecule has 7 nitrogen and oxygen atoms in total. The number of aromatic nitrogens is 1. The molecule has 0 radical (unpaired) electrons. The number of rotatable bonds is 3. The molecule has 0 atom stereocenters. The molecular formula is C18H17N5O2. The lowest BCUT2D eigenvalue weighted by Crippen LogP contribution is -2.13. The first-order valence-electron chi connectivity index (χ1n) is 7.50. The molecular weight excluding hydrogens is 318 g/mol. The van der Waals surface area contributed by atoms with Gasteiger partial charge in [0.05, 0.1) is 24.7 Å². The number of aliphatic imine (C=N–C) groups is 1. The number of nitrogens with two attached hydrogens (primary N) is 2. The van der Waals surface area contributed by atoms with Crippen LogP contribution in [0.2, 0.25) is 0 Å². The summed E-state index contributed by atoms with van der Waals surface area (Å²) in [4.78, 5) is 20.5. The highest BCUT2D eigenvalue weighted by Crippen LogP contribution is 2.28. The maximum atomic E-state index is 12.3. The van der Waals surface area contributed by atoms with Gasteiger partial charge in [0.1, 0.15) is 5.69 Å². The number of hydrogen-bond donors (Lipinski definition) is 3. The Hall–Kier alpha value is -3.61. The molecule has 126 valence electrons. The van der Waals surface area contributed by atoms with Crippen LogP contribution in [0.5, 0.6) is 0 Å². The predicted molar refractivity (Wildman–Crippen MR) is 98.8 cm³/mol. The van der Waals surface area contributed by atoms with Crippen molar-refractivity contribution in [1.29, 1.82) is 0 Å². The van der Waals surface area contributed by atoms with Crippen LogP contribution in [0.25, 0.3) is 10.8 Å². The Morgan fingerprint density at radius 3 is 2.76 bits per heavy atom. The Morgan fingerprint density at radius 2 is 2.04 bits per heavy atom. The minimum absolute atomic E-state index is 0.0630. The van der Waals surface area contributed by atoms with Gasteiger partial charge in [0.25, 0.3) is 11.9 Å². The third-order valence-electron chi connectivity index (χ3n) is 3.58. The second-order valence-corrected chi connectivity index (χ2v) is 5.30. The normalized spacial score (nSPS) is 11.3. The van der Waals surface area contributed by atoms with Crippen LogP contribution in [-0.2, 0) is 4.74 Å². The van der Waals surface area contributed by atoms with E-state index in [1.54, 1.807) is 12.1 Å². The minimum atomic E-state index is -0.322. The molecule has 1 amide bonds. The van der Waals surface area contributed by atoms with Crippen molar-refractivity contribution in [2.24, 2.45) is 10.7 Å². The maximum Gasteiger partial charge on any atom is 0.286 e. The number of carbonyl (C=O) groups is 1. The van der Waals surface area contributed by atoms with Crippen LogP contribution in [0.15, 0.2) is 59.7 Å². The summed E-state index contributed by atoms with van der Waals surface area (Å²) < 4.78 is 4.90. The van der Waals surface area contributed by atoms with Gasteiger partial charge < -0.3 is 21.5 Å². The summed E-state index contributed by atoms with van der Waals surface area (Å²) in [6.45, 7) is 0. The molecule has 0 fully saturated rings. The molecule has 0 unspecified atom stereocenters. The van der Waals surface area contributed by atoms with Gasteiger partial charge in [0.2, 0.25) is 0 Å². The quantitative estimate of drug-likeness (QED) is 0.503. The number of fused-ring (bicyclic) bond motifs is 1. The number of anilines is 2. The summed E-state index contributed by atoms with van der Waals surface area (Å²) in [5.41, 5.74) is 13.3. The highest BCUT2D eigenvalue weighted by Gasteiger charge is 2.09. The van der Waals surface area contributed by atoms with Crippen molar-refractivity contribution in [1.82, 2.24) is 4.98 Å². The number of benzene rings is 2. The van der Waals surface area contributed by atoms with Crippen LogP contribution in [0.1, 0.15) is 10.5 Å². The molecule has 0 saturated carbocycles. The summed E-state index contributed by atoms with van der Waals surface area (Å²) in [6.07, 6.45) is 1.44. The average Bonchev–Trinajstić information content (AvgIpc) is 2.62. The zero-order valence-electron chi connectivity index (χ0n) is 13.6. The van der Waals surface area contributed by atoms with E-state index in [0.29, 0.717) is 17.1 Å². The van der Waals surface area contributed by atoms with Gasteiger partial charge in [-0.05, 0) is 35.7 Å². The number of amides is 1. The van der Waals surface area contributed by atoms with Crippen molar-refractivity contribution in [2.45, 2.75) is 0 Å². The highest BCUT2D eigenvalue weighted by molar-refractivity contribution is 6.05. The molecule has 3 aromatic rings. The van der Waals surface area contributed by atoms with Crippen molar-refractivity contribution in [3.05, 3.63) is 60.4 Å². The summed E-state index contributed by atoms with van der Waals surface area (Å²) in [5.74, 6) is -0.322. The minimum Gasteiger partial charge on any atom is -0.469 e. The lowest BCUT2D eigenvalue weighted by atomic mass is 10.1. The third-order valence-corrected chi connectivity index (χ3v) is 3.58. The molecule has 0 aliphatic heterocycles. The standard InChI is InChI=1S/C18H17N5O2/c1-25-18(20)23-15-4-2-3-11-5-7-13(9-14(11)15)22-17(24)16-8-6-12(19)10-21-16/h2-10H,19H2,1H3,(H2,20,23)(H,22,24). The second kappa shape index (κ2) is 6.88. The fourth-order valence-corrected chi connectivity index (χ4v) is 2.33. The Morgan fingerprint density at radius 1 is 1.20 bits per heavy atom. The summed E-state index contributed by atoms with van der Waals surface area (Å²) in [5, 5.41) is 4.62. The van der Waals surface area contributed by atoms with Crippen molar-refractivity contribution in [2.75, 3.05) is 18.2 Å². The van der Waals surface area contributed by atoms with Gasteiger partial charge in [-0.25, -0.2) is 4.98 Å². The number of amidine groups is 1. The van der Waals surface area contributed by atoms with Crippen LogP contribution < -0.4 is 16.8 Å². The number of ether oxygens (including phenoxy) is 1. The second-order valence-electron chi connectivity index (χ2n) is 5.30. The summed E-state index contributed by atoms with van der Waals surface area (Å²) in [7, 11) is 1.45. The first-order valence-corrected chi connectivity index (χ1v) is 7.50. The van der Waals surface area contributed by atoms with E-state index in [-0.39, 0.29) is 17.6 Å². The van der Waals surface area contributed by atoms with Gasteiger partial charge in [0.15, 0.2) is 0 Å². The van der Waals surface area contributed by atoms with E-state index >= 15 is 0 Å². The summed E-state index contributed by atoms with van der Waals surface area (Å²) in [6, 6.07) is 14.4. The van der Waals surface area contributed by atoms with E-state index in [0.717, 1.165) is 10.8 Å². The Bertz CT molecular complexity index is 951. The monoisotopic (exact) mass is 335 g/mol. The van der Waals surface area contributed by atoms with E-state index in [1.807, 2.05) is 36.4 Å². The molecule has 0 aliphatic rings. The molecule has 1 heterocycles. The number of carbonyl (C=O) groups excluding carboxylic acids is 1. The number of methoxy groups -OCH3 is 1. The van der Waals surface area contributed by atoms with E-state index in [4.69, 9.17) is 16.2 Å². The smallest absolute Gasteiger partial charge is 0.286 e. The third kappa shape index (κ3) is 3.66. The number of hydrogen-bond acceptors (Lipinski definition) is 5. The Balaban J connectivity index is 1.93. The van der Waals surface area contributed by atoms with Crippen molar-refractivity contribution < 1.29 is 9.53 Å². The SMILES string of the molecule is CO/C(N)=N\c1cccc2ccc(NC(=O)c3ccc(N)cn3)cc12. The number of nitrogens with zero attached hydrogens (tertiary/aromatic N) is 2. The van der Waals surface area contributed by atoms with Crippen LogP contribution >= 0.6 is 0 Å². The molecule has 7 heteroatoms. The average molecular weight is 335 g/mol. The molecule has 0 saturated heterocycles. The van der Waals surface area contributed by atoms with Gasteiger partial charge in [-0.3, -0.25) is 4.79 Å². The van der Waals surface area contributed by atoms with E-state index in [1.165, 1.54) is 13.3 Å². The molecule has 2 aromatic carbocycles. The fourth-order valence-electron chi connectivity index (χ4n) is 2.33. The van der Waals surface area contributed by atoms with E-state index < -0.39 is 0 Å². The van der Waals surface area contributed by atoms with Crippen LogP contribution in [0.4, 0.5) is 17.1 Å². The van der Waals surface area contributed by atoms with Crippen LogP contribution in [-0.4, -0.2) is 24.0 Å². The fraction of sp³-hybridized carbons (Fsp3) is 0.0556. The first-order chi connectivity index (χ1) is 12.1. The van der Waals surface area contributed by atoms with Gasteiger partial charge in [-0.15, -0.1) is 0 Å². The molecule has 0 bridgehead atoms. The highest BCUT2D eigenvalue weighted by atomic mass is 16.5. The largest absolute Gasteiger partial charge is 0.469 e. The van der Waals surface area contributed by atoms with Gasteiger partial charge in [-0.2, -0.15) is 4.99 Å². The lowest BCUT2D eigenvalue weighted by molar-refractivity contribution is 0.102. The van der Waals surface area contributed by atoms with Crippen molar-refractivity contribution >= 4 is 39.8 Å². The zero-order valence-corrected chi connectivity index (χ0v) is 13.6. The van der Waals surface area contributed by atoms with Crippen LogP contribution in [0.3, 0.4) is 0 Å². The first kappa shape index (κ1) is 16.3. The Labute approximate surface area is 144 Å². The maximum absolute atomic E-state index is 12.3. The van der Waals surface area contributed by atoms with Gasteiger partial charge in [0, 0.05) is 11.1 Å². The molecule has 25 heavy (non-hydrogen) atoms. The zero-order chi connectivity index (χ0) is 17.8. The van der Waals surface area contributed by atoms with Gasteiger partial charge >= 0.3 is 0 Å². The number of pyridine rings is 1. The molecule has 0 spiro atoms. The molecule has 0 aliphatic carbocycles. The summed E-state index contributed by atoms with van der Waals surface area (Å²) >= 11 is 0. The molecule has 3 rings (SSSR count). The van der Waals surface area contributed by atoms with Crippen LogP contribution in [0, 0.1) is 0 Å². The molecule has 1 aromatic heterocycles. The van der Waals surface area contributed by atoms with E-state index in [2.05, 4.69) is 15.3 Å². The number of nitrogen functional groups attached to an aromatic ring is 1. The molecule has 5 N–H and O–H groups in total. The lowest BCUT2D eigenvalue weighted by Gasteiger charge is -2.08.